The number of ether oxygens (including phenoxy) is 3. The van der Waals surface area contributed by atoms with Gasteiger partial charge in [-0.25, -0.2) is 0 Å². The van der Waals surface area contributed by atoms with Gasteiger partial charge in [0.2, 0.25) is 0 Å². The lowest BCUT2D eigenvalue weighted by atomic mass is 10.2. The molecule has 0 spiro atoms. The lowest BCUT2D eigenvalue weighted by Gasteiger charge is -2.12. The number of aryl methyl sites for hydroxylation is 3. The summed E-state index contributed by atoms with van der Waals surface area (Å²) in [6.45, 7) is 5.85. The molecule has 0 fully saturated rings. The number of hydrogen-bond donors (Lipinski definition) is 0. The molecule has 150 valence electrons. The van der Waals surface area contributed by atoms with Gasteiger partial charge in [-0.1, -0.05) is 54.6 Å². The van der Waals surface area contributed by atoms with E-state index in [1.165, 1.54) is 0 Å². The quantitative estimate of drug-likeness (QED) is 0.386. The maximum absolute atomic E-state index is 5.90. The molecule has 0 saturated carbocycles. The van der Waals surface area contributed by atoms with Crippen LogP contribution in [0.25, 0.3) is 0 Å². The van der Waals surface area contributed by atoms with Gasteiger partial charge in [-0.2, -0.15) is 0 Å². The second-order valence-corrected chi connectivity index (χ2v) is 6.79. The first kappa shape index (κ1) is 19.4. The lowest BCUT2D eigenvalue weighted by molar-refractivity contribution is 0.360. The topological polar surface area (TPSA) is 66.4 Å². The SMILES string of the molecule is Cc1ccccc1Oc1nc(Oc2ccccc2C)nc(Oc2ccccc2C)n1. The second-order valence-electron chi connectivity index (χ2n) is 6.79. The number of aromatic nitrogens is 3. The Balaban J connectivity index is 1.70. The van der Waals surface area contributed by atoms with Crippen LogP contribution in [0.3, 0.4) is 0 Å². The van der Waals surface area contributed by atoms with Crippen molar-refractivity contribution in [3.05, 3.63) is 89.5 Å². The Morgan fingerprint density at radius 2 is 0.700 bits per heavy atom. The fourth-order valence-electron chi connectivity index (χ4n) is 2.77. The molecule has 3 aromatic carbocycles. The van der Waals surface area contributed by atoms with E-state index in [0.717, 1.165) is 16.7 Å². The highest BCUT2D eigenvalue weighted by Gasteiger charge is 2.14. The largest absolute Gasteiger partial charge is 0.424 e. The van der Waals surface area contributed by atoms with Crippen LogP contribution in [-0.2, 0) is 0 Å². The van der Waals surface area contributed by atoms with Gasteiger partial charge in [-0.3, -0.25) is 0 Å². The van der Waals surface area contributed by atoms with Crippen LogP contribution in [0, 0.1) is 20.8 Å². The van der Waals surface area contributed by atoms with Crippen molar-refractivity contribution in [2.45, 2.75) is 20.8 Å². The molecular weight excluding hydrogens is 378 g/mol. The van der Waals surface area contributed by atoms with Gasteiger partial charge in [0.25, 0.3) is 0 Å². The van der Waals surface area contributed by atoms with Gasteiger partial charge in [-0.05, 0) is 55.7 Å². The molecule has 30 heavy (non-hydrogen) atoms. The molecule has 1 aromatic heterocycles. The molecule has 4 rings (SSSR count). The first-order valence-corrected chi connectivity index (χ1v) is 9.55. The smallest absolute Gasteiger partial charge is 0.331 e. The van der Waals surface area contributed by atoms with E-state index in [9.17, 15) is 0 Å². The Labute approximate surface area is 175 Å². The van der Waals surface area contributed by atoms with E-state index >= 15 is 0 Å². The Morgan fingerprint density at radius 1 is 0.433 bits per heavy atom. The van der Waals surface area contributed by atoms with Gasteiger partial charge in [0.15, 0.2) is 0 Å². The zero-order valence-corrected chi connectivity index (χ0v) is 17.0. The van der Waals surface area contributed by atoms with E-state index in [1.54, 1.807) is 0 Å². The van der Waals surface area contributed by atoms with Gasteiger partial charge in [0.1, 0.15) is 17.2 Å². The number of hydrogen-bond acceptors (Lipinski definition) is 6. The summed E-state index contributed by atoms with van der Waals surface area (Å²) in [7, 11) is 0. The van der Waals surface area contributed by atoms with E-state index in [1.807, 2.05) is 93.6 Å². The molecule has 4 aromatic rings. The van der Waals surface area contributed by atoms with Gasteiger partial charge in [0.05, 0.1) is 0 Å². The van der Waals surface area contributed by atoms with Crippen LogP contribution < -0.4 is 14.2 Å². The summed E-state index contributed by atoms with van der Waals surface area (Å²) in [5.41, 5.74) is 2.88. The third-order valence-electron chi connectivity index (χ3n) is 4.46. The lowest BCUT2D eigenvalue weighted by Crippen LogP contribution is -2.02. The van der Waals surface area contributed by atoms with Gasteiger partial charge in [-0.15, -0.1) is 15.0 Å². The Bertz CT molecular complexity index is 1020. The van der Waals surface area contributed by atoms with Crippen LogP contribution in [0.2, 0.25) is 0 Å². The Hall–Kier alpha value is -3.93. The third kappa shape index (κ3) is 4.55. The molecule has 0 bridgehead atoms. The molecule has 0 atom stereocenters. The standard InChI is InChI=1S/C24H21N3O3/c1-16-10-4-7-13-19(16)28-22-25-23(29-20-14-8-5-11-17(20)2)27-24(26-22)30-21-15-9-6-12-18(21)3/h4-15H,1-3H3. The number of para-hydroxylation sites is 3. The van der Waals surface area contributed by atoms with Crippen molar-refractivity contribution >= 4 is 0 Å². The summed E-state index contributed by atoms with van der Waals surface area (Å²) in [4.78, 5) is 13.0. The van der Waals surface area contributed by atoms with Crippen molar-refractivity contribution in [3.63, 3.8) is 0 Å². The molecule has 0 aliphatic rings. The van der Waals surface area contributed by atoms with Crippen LogP contribution in [0.1, 0.15) is 16.7 Å². The zero-order chi connectivity index (χ0) is 20.9. The minimum absolute atomic E-state index is 0.0893. The third-order valence-corrected chi connectivity index (χ3v) is 4.46. The van der Waals surface area contributed by atoms with Crippen LogP contribution in [0.4, 0.5) is 0 Å². The van der Waals surface area contributed by atoms with Crippen LogP contribution in [0.5, 0.6) is 35.3 Å². The summed E-state index contributed by atoms with van der Waals surface area (Å²) >= 11 is 0. The zero-order valence-electron chi connectivity index (χ0n) is 17.0. The molecule has 0 N–H and O–H groups in total. The number of nitrogens with zero attached hydrogens (tertiary/aromatic N) is 3. The van der Waals surface area contributed by atoms with Crippen molar-refractivity contribution in [2.75, 3.05) is 0 Å². The van der Waals surface area contributed by atoms with Crippen molar-refractivity contribution in [2.24, 2.45) is 0 Å². The highest BCUT2D eigenvalue weighted by Crippen LogP contribution is 2.29. The normalized spacial score (nSPS) is 10.5. The van der Waals surface area contributed by atoms with E-state index in [2.05, 4.69) is 15.0 Å². The van der Waals surface area contributed by atoms with E-state index in [4.69, 9.17) is 14.2 Å². The predicted octanol–water partition coefficient (Wildman–Crippen LogP) is 6.17. The van der Waals surface area contributed by atoms with Crippen LogP contribution >= 0.6 is 0 Å². The molecule has 0 unspecified atom stereocenters. The first-order valence-electron chi connectivity index (χ1n) is 9.55. The molecule has 0 amide bonds. The molecule has 6 heteroatoms. The van der Waals surface area contributed by atoms with E-state index in [0.29, 0.717) is 17.2 Å². The minimum Gasteiger partial charge on any atom is -0.424 e. The highest BCUT2D eigenvalue weighted by atomic mass is 16.5. The van der Waals surface area contributed by atoms with Gasteiger partial charge in [0, 0.05) is 0 Å². The Kier molecular flexibility index (Phi) is 5.57. The summed E-state index contributed by atoms with van der Waals surface area (Å²) in [6.07, 6.45) is 0. The fourth-order valence-corrected chi connectivity index (χ4v) is 2.77. The van der Waals surface area contributed by atoms with E-state index in [-0.39, 0.29) is 18.0 Å². The molecule has 0 radical (unpaired) electrons. The first-order chi connectivity index (χ1) is 14.6. The second kappa shape index (κ2) is 8.61. The van der Waals surface area contributed by atoms with Gasteiger partial charge >= 0.3 is 18.0 Å². The maximum Gasteiger partial charge on any atom is 0.331 e. The Morgan fingerprint density at radius 3 is 0.967 bits per heavy atom. The fraction of sp³-hybridized carbons (Fsp3) is 0.125. The summed E-state index contributed by atoms with van der Waals surface area (Å²) in [5.74, 6) is 1.94. The summed E-state index contributed by atoms with van der Waals surface area (Å²) in [6, 6.07) is 23.2. The maximum atomic E-state index is 5.90. The van der Waals surface area contributed by atoms with E-state index < -0.39 is 0 Å². The van der Waals surface area contributed by atoms with Crippen LogP contribution in [-0.4, -0.2) is 15.0 Å². The monoisotopic (exact) mass is 399 g/mol. The molecule has 6 nitrogen and oxygen atoms in total. The van der Waals surface area contributed by atoms with Gasteiger partial charge < -0.3 is 14.2 Å². The average molecular weight is 399 g/mol. The molecule has 0 saturated heterocycles. The predicted molar refractivity (Wildman–Crippen MR) is 114 cm³/mol. The summed E-state index contributed by atoms with van der Waals surface area (Å²) in [5, 5.41) is 0. The highest BCUT2D eigenvalue weighted by molar-refractivity contribution is 5.37. The minimum atomic E-state index is 0.0893. The average Bonchev–Trinajstić information content (AvgIpc) is 2.73. The van der Waals surface area contributed by atoms with Crippen LogP contribution in [0.15, 0.2) is 72.8 Å². The van der Waals surface area contributed by atoms with Crippen molar-refractivity contribution in [1.82, 2.24) is 15.0 Å². The number of benzene rings is 3. The molecule has 0 aliphatic heterocycles. The molecule has 1 heterocycles. The summed E-state index contributed by atoms with van der Waals surface area (Å²) < 4.78 is 17.7. The van der Waals surface area contributed by atoms with Crippen molar-refractivity contribution in [3.8, 4) is 35.3 Å². The molecular formula is C24H21N3O3. The number of rotatable bonds is 6. The van der Waals surface area contributed by atoms with Crippen molar-refractivity contribution in [1.29, 1.82) is 0 Å². The molecule has 0 aliphatic carbocycles. The van der Waals surface area contributed by atoms with Crippen molar-refractivity contribution < 1.29 is 14.2 Å².